The maximum atomic E-state index is 14.0. The molecule has 0 heterocycles. The van der Waals surface area contributed by atoms with Crippen molar-refractivity contribution in [3.8, 4) is 5.75 Å². The Morgan fingerprint density at radius 3 is 2.33 bits per heavy atom. The zero-order valence-corrected chi connectivity index (χ0v) is 23.0. The normalized spacial score (nSPS) is 16.2. The van der Waals surface area contributed by atoms with Gasteiger partial charge in [-0.25, -0.2) is 4.79 Å². The number of carbonyl (C=O) groups excluding carboxylic acids is 3. The highest BCUT2D eigenvalue weighted by Gasteiger charge is 2.39. The summed E-state index contributed by atoms with van der Waals surface area (Å²) in [4.78, 5) is 41.8. The second-order valence-corrected chi connectivity index (χ2v) is 11.2. The van der Waals surface area contributed by atoms with Crippen molar-refractivity contribution in [1.29, 1.82) is 0 Å². The minimum atomic E-state index is -1.03. The third-order valence-corrected chi connectivity index (χ3v) is 6.43. The first-order chi connectivity index (χ1) is 16.9. The summed E-state index contributed by atoms with van der Waals surface area (Å²) in [6, 6.07) is 3.35. The van der Waals surface area contributed by atoms with Gasteiger partial charge in [0.2, 0.25) is 11.8 Å². The molecule has 8 nitrogen and oxygen atoms in total. The average Bonchev–Trinajstić information content (AvgIpc) is 2.78. The molecule has 1 aliphatic carbocycles. The summed E-state index contributed by atoms with van der Waals surface area (Å²) in [7, 11) is 0. The van der Waals surface area contributed by atoms with Crippen molar-refractivity contribution in [2.24, 2.45) is 5.92 Å². The summed E-state index contributed by atoms with van der Waals surface area (Å²) in [5.74, 6) is -0.958. The van der Waals surface area contributed by atoms with Gasteiger partial charge in [-0.1, -0.05) is 58.2 Å². The molecule has 2 atom stereocenters. The van der Waals surface area contributed by atoms with Crippen LogP contribution in [0.2, 0.25) is 0 Å². The van der Waals surface area contributed by atoms with Crippen LogP contribution in [-0.4, -0.2) is 52.1 Å². The first-order valence-electron chi connectivity index (χ1n) is 13.2. The first-order valence-corrected chi connectivity index (χ1v) is 13.2. The van der Waals surface area contributed by atoms with Crippen molar-refractivity contribution in [1.82, 2.24) is 15.5 Å². The highest BCUT2D eigenvalue weighted by atomic mass is 16.6. The number of aromatic hydroxyl groups is 1. The van der Waals surface area contributed by atoms with E-state index in [1.807, 2.05) is 20.8 Å². The third-order valence-electron chi connectivity index (χ3n) is 6.43. The fraction of sp³-hybridized carbons (Fsp3) is 0.679. The van der Waals surface area contributed by atoms with Crippen molar-refractivity contribution in [2.45, 2.75) is 111 Å². The molecule has 0 aliphatic heterocycles. The number of nitrogens with one attached hydrogen (secondary N) is 2. The summed E-state index contributed by atoms with van der Waals surface area (Å²) in [6.07, 6.45) is 4.97. The molecule has 0 spiro atoms. The molecule has 1 saturated carbocycles. The van der Waals surface area contributed by atoms with Crippen LogP contribution in [0.5, 0.6) is 5.75 Å². The molecule has 36 heavy (non-hydrogen) atoms. The number of carbonyl (C=O) groups is 3. The van der Waals surface area contributed by atoms with Gasteiger partial charge in [-0.15, -0.1) is 0 Å². The molecular formula is C28H45N3O5. The van der Waals surface area contributed by atoms with Crippen LogP contribution in [0.25, 0.3) is 0 Å². The smallest absolute Gasteiger partial charge is 0.408 e. The van der Waals surface area contributed by atoms with Crippen LogP contribution >= 0.6 is 0 Å². The molecule has 2 rings (SSSR count). The lowest BCUT2D eigenvalue weighted by atomic mass is 9.93. The fourth-order valence-electron chi connectivity index (χ4n) is 4.61. The lowest BCUT2D eigenvalue weighted by Crippen LogP contribution is -2.55. The van der Waals surface area contributed by atoms with E-state index < -0.39 is 23.8 Å². The highest BCUT2D eigenvalue weighted by Crippen LogP contribution is 2.33. The topological polar surface area (TPSA) is 108 Å². The number of hydrogen-bond donors (Lipinski definition) is 3. The maximum Gasteiger partial charge on any atom is 0.408 e. The van der Waals surface area contributed by atoms with Gasteiger partial charge >= 0.3 is 6.09 Å². The minimum absolute atomic E-state index is 0.00334. The zero-order chi connectivity index (χ0) is 27.0. The van der Waals surface area contributed by atoms with Gasteiger partial charge < -0.3 is 25.4 Å². The van der Waals surface area contributed by atoms with Gasteiger partial charge in [0, 0.05) is 18.2 Å². The van der Waals surface area contributed by atoms with Crippen molar-refractivity contribution in [2.75, 3.05) is 6.54 Å². The van der Waals surface area contributed by atoms with Gasteiger partial charge in [-0.3, -0.25) is 9.59 Å². The Balaban J connectivity index is 2.46. The zero-order valence-electron chi connectivity index (χ0n) is 23.0. The van der Waals surface area contributed by atoms with Crippen molar-refractivity contribution < 1.29 is 24.2 Å². The second kappa shape index (κ2) is 13.0. The van der Waals surface area contributed by atoms with Crippen LogP contribution in [0.4, 0.5) is 4.79 Å². The number of benzene rings is 1. The predicted octanol–water partition coefficient (Wildman–Crippen LogP) is 4.98. The summed E-state index contributed by atoms with van der Waals surface area (Å²) in [5.41, 5.74) is 0.289. The Hall–Kier alpha value is -2.77. The van der Waals surface area contributed by atoms with Crippen LogP contribution in [0.3, 0.4) is 0 Å². The van der Waals surface area contributed by atoms with Gasteiger partial charge in [0.25, 0.3) is 0 Å². The quantitative estimate of drug-likeness (QED) is 0.441. The lowest BCUT2D eigenvalue weighted by molar-refractivity contribution is -0.143. The molecule has 0 radical (unpaired) electrons. The van der Waals surface area contributed by atoms with Gasteiger partial charge in [0.05, 0.1) is 0 Å². The monoisotopic (exact) mass is 503 g/mol. The van der Waals surface area contributed by atoms with E-state index in [0.717, 1.165) is 32.1 Å². The Labute approximate surface area is 216 Å². The second-order valence-electron chi connectivity index (χ2n) is 11.2. The molecule has 8 heteroatoms. The number of amides is 3. The minimum Gasteiger partial charge on any atom is -0.507 e. The van der Waals surface area contributed by atoms with E-state index in [9.17, 15) is 19.5 Å². The Bertz CT molecular complexity index is 903. The van der Waals surface area contributed by atoms with E-state index in [-0.39, 0.29) is 36.1 Å². The average molecular weight is 504 g/mol. The molecule has 0 aromatic heterocycles. The Morgan fingerprint density at radius 1 is 1.14 bits per heavy atom. The third kappa shape index (κ3) is 8.14. The Morgan fingerprint density at radius 2 is 1.78 bits per heavy atom. The molecule has 1 fully saturated rings. The van der Waals surface area contributed by atoms with E-state index in [4.69, 9.17) is 4.74 Å². The number of para-hydroxylation sites is 1. The number of phenols is 1. The molecule has 202 valence electrons. The molecule has 0 bridgehead atoms. The van der Waals surface area contributed by atoms with Gasteiger partial charge in [-0.05, 0) is 58.4 Å². The van der Waals surface area contributed by atoms with Crippen molar-refractivity contribution in [3.63, 3.8) is 0 Å². The standard InChI is InChI=1S/C28H45N3O5/c1-8-17-31(26(34)22(18(2)3)30-27(35)36-28(5,6)7)23(21-16-12-13-19(4)24(21)32)25(33)29-20-14-10-9-11-15-20/h12-13,16,18,20,22-23,32H,8-11,14-15,17H2,1-7H3,(H,29,33)(H,30,35). The van der Waals surface area contributed by atoms with E-state index >= 15 is 0 Å². The molecule has 2 unspecified atom stereocenters. The number of ether oxygens (including phenoxy) is 1. The van der Waals surface area contributed by atoms with Gasteiger partial charge in [-0.2, -0.15) is 0 Å². The van der Waals surface area contributed by atoms with Crippen LogP contribution in [0.1, 0.15) is 97.2 Å². The molecular weight excluding hydrogens is 458 g/mol. The van der Waals surface area contributed by atoms with Crippen LogP contribution in [0.15, 0.2) is 18.2 Å². The molecule has 1 aromatic rings. The van der Waals surface area contributed by atoms with Crippen molar-refractivity contribution >= 4 is 17.9 Å². The number of nitrogens with zero attached hydrogens (tertiary/aromatic N) is 1. The first kappa shape index (κ1) is 29.5. The fourth-order valence-corrected chi connectivity index (χ4v) is 4.61. The van der Waals surface area contributed by atoms with E-state index in [1.165, 1.54) is 4.90 Å². The SMILES string of the molecule is CCCN(C(=O)C(NC(=O)OC(C)(C)C)C(C)C)C(C(=O)NC1CCCCC1)c1cccc(C)c1O. The summed E-state index contributed by atoms with van der Waals surface area (Å²) in [5, 5.41) is 16.8. The number of alkyl carbamates (subject to hydrolysis) is 1. The number of rotatable bonds is 9. The summed E-state index contributed by atoms with van der Waals surface area (Å²) < 4.78 is 5.40. The van der Waals surface area contributed by atoms with E-state index in [2.05, 4.69) is 10.6 Å². The van der Waals surface area contributed by atoms with Crippen LogP contribution in [0, 0.1) is 12.8 Å². The summed E-state index contributed by atoms with van der Waals surface area (Å²) >= 11 is 0. The van der Waals surface area contributed by atoms with E-state index in [0.29, 0.717) is 17.5 Å². The van der Waals surface area contributed by atoms with Crippen LogP contribution < -0.4 is 10.6 Å². The molecule has 1 aliphatic rings. The molecule has 3 N–H and O–H groups in total. The summed E-state index contributed by atoms with van der Waals surface area (Å²) in [6.45, 7) is 12.9. The largest absolute Gasteiger partial charge is 0.507 e. The van der Waals surface area contributed by atoms with Crippen LogP contribution in [-0.2, 0) is 14.3 Å². The van der Waals surface area contributed by atoms with E-state index in [1.54, 1.807) is 45.9 Å². The molecule has 3 amide bonds. The van der Waals surface area contributed by atoms with Crippen molar-refractivity contribution in [3.05, 3.63) is 29.3 Å². The molecule has 0 saturated heterocycles. The Kier molecular flexibility index (Phi) is 10.6. The number of phenolic OH excluding ortho intramolecular Hbond substituents is 1. The number of hydrogen-bond acceptors (Lipinski definition) is 5. The number of aryl methyl sites for hydroxylation is 1. The van der Waals surface area contributed by atoms with Gasteiger partial charge in [0.1, 0.15) is 23.4 Å². The van der Waals surface area contributed by atoms with Gasteiger partial charge in [0.15, 0.2) is 0 Å². The maximum absolute atomic E-state index is 14.0. The highest BCUT2D eigenvalue weighted by molar-refractivity contribution is 5.92. The lowest BCUT2D eigenvalue weighted by Gasteiger charge is -2.36. The predicted molar refractivity (Wildman–Crippen MR) is 141 cm³/mol. The molecule has 1 aromatic carbocycles.